The predicted octanol–water partition coefficient (Wildman–Crippen LogP) is -3.55. The van der Waals surface area contributed by atoms with E-state index < -0.39 is 11.9 Å². The summed E-state index contributed by atoms with van der Waals surface area (Å²) in [6.45, 7) is 3.46. The molecule has 0 aliphatic carbocycles. The van der Waals surface area contributed by atoms with Crippen LogP contribution in [0.15, 0.2) is 24.8 Å². The SMILES string of the molecule is Cc1cnc(C(=O)[O-])cn1.Cc1cnc(C(=O)[O-])cn1.[Co+2].[OH3+].[OH3+]. The number of carboxylic acids is 2. The first kappa shape index (κ1) is 25.5. The molecule has 0 amide bonds. The number of aromatic nitrogens is 4. The van der Waals surface area contributed by atoms with Gasteiger partial charge in [0.25, 0.3) is 0 Å². The number of carboxylic acid groups (broad SMARTS) is 2. The van der Waals surface area contributed by atoms with Gasteiger partial charge in [0.2, 0.25) is 0 Å². The van der Waals surface area contributed by atoms with Crippen molar-refractivity contribution in [3.05, 3.63) is 47.6 Å². The first-order valence-corrected chi connectivity index (χ1v) is 5.40. The maximum Gasteiger partial charge on any atom is 2.00 e. The van der Waals surface area contributed by atoms with E-state index in [1.165, 1.54) is 24.8 Å². The van der Waals surface area contributed by atoms with Crippen LogP contribution in [-0.2, 0) is 27.7 Å². The number of carbonyl (C=O) groups excluding carboxylic acids is 2. The van der Waals surface area contributed by atoms with Crippen LogP contribution >= 0.6 is 0 Å². The summed E-state index contributed by atoms with van der Waals surface area (Å²) in [6, 6.07) is 0. The summed E-state index contributed by atoms with van der Waals surface area (Å²) in [6.07, 6.45) is 5.10. The predicted molar refractivity (Wildman–Crippen MR) is 71.9 cm³/mol. The fourth-order valence-corrected chi connectivity index (χ4v) is 0.996. The molecule has 2 aromatic heterocycles. The van der Waals surface area contributed by atoms with E-state index in [0.29, 0.717) is 11.4 Å². The monoisotopic (exact) mass is 371 g/mol. The van der Waals surface area contributed by atoms with Crippen molar-refractivity contribution < 1.29 is 47.5 Å². The third kappa shape index (κ3) is 9.21. The largest absolute Gasteiger partial charge is 2.00 e. The number of aryl methyl sites for hydroxylation is 2. The van der Waals surface area contributed by atoms with Gasteiger partial charge in [0.1, 0.15) is 11.4 Å². The van der Waals surface area contributed by atoms with Crippen LogP contribution in [0.25, 0.3) is 0 Å². The fraction of sp³-hybridized carbons (Fsp3) is 0.167. The van der Waals surface area contributed by atoms with E-state index in [2.05, 4.69) is 19.9 Å². The van der Waals surface area contributed by atoms with Gasteiger partial charge in [-0.05, 0) is 13.8 Å². The Bertz CT molecular complexity index is 550. The Morgan fingerprint density at radius 1 is 0.739 bits per heavy atom. The summed E-state index contributed by atoms with van der Waals surface area (Å²) in [7, 11) is 0. The zero-order chi connectivity index (χ0) is 15.1. The summed E-state index contributed by atoms with van der Waals surface area (Å²) in [4.78, 5) is 34.7. The summed E-state index contributed by atoms with van der Waals surface area (Å²) in [5, 5.41) is 20.2. The summed E-state index contributed by atoms with van der Waals surface area (Å²) in [5.41, 5.74) is 1.10. The van der Waals surface area contributed by atoms with E-state index >= 15 is 0 Å². The molecule has 0 spiro atoms. The number of rotatable bonds is 2. The molecule has 2 aromatic rings. The van der Waals surface area contributed by atoms with Gasteiger partial charge in [-0.3, -0.25) is 19.9 Å². The molecule has 0 unspecified atom stereocenters. The molecule has 0 aliphatic rings. The molecular formula is C12H16CoN4O6+2. The molecule has 2 heterocycles. The summed E-state index contributed by atoms with van der Waals surface area (Å²) >= 11 is 0. The first-order chi connectivity index (χ1) is 9.40. The van der Waals surface area contributed by atoms with Gasteiger partial charge in [0.15, 0.2) is 0 Å². The molecule has 11 heteroatoms. The minimum absolute atomic E-state index is 0. The van der Waals surface area contributed by atoms with Gasteiger partial charge in [0.05, 0.1) is 35.7 Å². The smallest absolute Gasteiger partial charge is 0.543 e. The Morgan fingerprint density at radius 3 is 1.22 bits per heavy atom. The number of hydrogen-bond acceptors (Lipinski definition) is 8. The Labute approximate surface area is 141 Å². The van der Waals surface area contributed by atoms with Crippen LogP contribution in [0.1, 0.15) is 32.4 Å². The molecule has 1 radical (unpaired) electrons. The minimum Gasteiger partial charge on any atom is -0.543 e. The first-order valence-electron chi connectivity index (χ1n) is 5.40. The number of hydrogen-bond donors (Lipinski definition) is 0. The molecule has 0 saturated carbocycles. The number of carbonyl (C=O) groups is 2. The molecule has 23 heavy (non-hydrogen) atoms. The van der Waals surface area contributed by atoms with E-state index in [1.807, 2.05) is 0 Å². The fourth-order valence-electron chi connectivity index (χ4n) is 0.996. The molecule has 6 N–H and O–H groups in total. The van der Waals surface area contributed by atoms with Gasteiger partial charge in [-0.1, -0.05) is 0 Å². The molecule has 10 nitrogen and oxygen atoms in total. The van der Waals surface area contributed by atoms with Crippen molar-refractivity contribution in [2.75, 3.05) is 0 Å². The molecule has 0 aliphatic heterocycles. The second-order valence-corrected chi connectivity index (χ2v) is 3.66. The maximum atomic E-state index is 10.1. The summed E-state index contributed by atoms with van der Waals surface area (Å²) < 4.78 is 0. The maximum absolute atomic E-state index is 10.1. The van der Waals surface area contributed by atoms with Gasteiger partial charge < -0.3 is 30.8 Å². The third-order valence-electron chi connectivity index (χ3n) is 1.98. The number of aromatic carboxylic acids is 2. The van der Waals surface area contributed by atoms with Crippen LogP contribution in [-0.4, -0.2) is 31.9 Å². The van der Waals surface area contributed by atoms with Crippen LogP contribution in [0.2, 0.25) is 0 Å². The van der Waals surface area contributed by atoms with Gasteiger partial charge in [0, 0.05) is 12.4 Å². The molecule has 2 rings (SSSR count). The van der Waals surface area contributed by atoms with Crippen LogP contribution in [0.4, 0.5) is 0 Å². The Kier molecular flexibility index (Phi) is 13.4. The van der Waals surface area contributed by atoms with E-state index in [1.54, 1.807) is 13.8 Å². The minimum atomic E-state index is -1.30. The van der Waals surface area contributed by atoms with Gasteiger partial charge in [-0.25, -0.2) is 0 Å². The standard InChI is InChI=1S/2C6H6N2O2.Co.2H2O/c2*1-4-2-8-5(3-7-4)6(9)10;;;/h2*2-3H,1H3,(H,9,10);;2*1H2/q;;+2;;. The second-order valence-electron chi connectivity index (χ2n) is 3.66. The molecular weight excluding hydrogens is 355 g/mol. The van der Waals surface area contributed by atoms with E-state index in [4.69, 9.17) is 0 Å². The average Bonchev–Trinajstić information content (AvgIpc) is 2.40. The average molecular weight is 371 g/mol. The number of nitrogens with zero attached hydrogens (tertiary/aromatic N) is 4. The van der Waals surface area contributed by atoms with Crippen molar-refractivity contribution in [3.63, 3.8) is 0 Å². The van der Waals surface area contributed by atoms with Crippen molar-refractivity contribution >= 4 is 11.9 Å². The van der Waals surface area contributed by atoms with Gasteiger partial charge in [-0.2, -0.15) is 0 Å². The van der Waals surface area contributed by atoms with Crippen LogP contribution in [0.5, 0.6) is 0 Å². The van der Waals surface area contributed by atoms with Crippen LogP contribution in [0.3, 0.4) is 0 Å². The zero-order valence-electron chi connectivity index (χ0n) is 12.2. The molecule has 0 fully saturated rings. The topological polar surface area (TPSA) is 198 Å². The summed E-state index contributed by atoms with van der Waals surface area (Å²) in [5.74, 6) is -2.60. The normalized spacial score (nSPS) is 8.09. The van der Waals surface area contributed by atoms with Gasteiger partial charge >= 0.3 is 16.8 Å². The van der Waals surface area contributed by atoms with Crippen molar-refractivity contribution in [2.45, 2.75) is 13.8 Å². The second kappa shape index (κ2) is 12.1. The Balaban J connectivity index is -0.000000308. The van der Waals surface area contributed by atoms with E-state index in [-0.39, 0.29) is 39.1 Å². The van der Waals surface area contributed by atoms with Crippen LogP contribution in [0, 0.1) is 13.8 Å². The van der Waals surface area contributed by atoms with Crippen molar-refractivity contribution in [2.24, 2.45) is 0 Å². The van der Waals surface area contributed by atoms with E-state index in [9.17, 15) is 19.8 Å². The molecule has 0 saturated heterocycles. The molecule has 0 bridgehead atoms. The van der Waals surface area contributed by atoms with Crippen LogP contribution < -0.4 is 10.2 Å². The van der Waals surface area contributed by atoms with E-state index in [0.717, 1.165) is 0 Å². The molecule has 127 valence electrons. The van der Waals surface area contributed by atoms with Crippen molar-refractivity contribution in [1.29, 1.82) is 0 Å². The Hall–Kier alpha value is -2.47. The third-order valence-corrected chi connectivity index (χ3v) is 1.98. The molecule has 0 aromatic carbocycles. The van der Waals surface area contributed by atoms with Gasteiger partial charge in [-0.15, -0.1) is 0 Å². The van der Waals surface area contributed by atoms with Crippen molar-refractivity contribution in [1.82, 2.24) is 19.9 Å². The molecule has 0 atom stereocenters. The van der Waals surface area contributed by atoms with Crippen molar-refractivity contribution in [3.8, 4) is 0 Å². The zero-order valence-corrected chi connectivity index (χ0v) is 13.3. The quantitative estimate of drug-likeness (QED) is 0.483. The Morgan fingerprint density at radius 2 is 1.04 bits per heavy atom.